The molecule has 1 aliphatic rings. The summed E-state index contributed by atoms with van der Waals surface area (Å²) in [5.74, 6) is 0.174. The number of benzene rings is 1. The van der Waals surface area contributed by atoms with Gasteiger partial charge in [-0.1, -0.05) is 6.07 Å². The zero-order valence-electron chi connectivity index (χ0n) is 14.3. The zero-order valence-corrected chi connectivity index (χ0v) is 14.3. The first-order valence-corrected chi connectivity index (χ1v) is 8.62. The summed E-state index contributed by atoms with van der Waals surface area (Å²) in [6.07, 6.45) is 6.75. The Labute approximate surface area is 145 Å². The van der Waals surface area contributed by atoms with Crippen LogP contribution in [0.1, 0.15) is 31.9 Å². The average Bonchev–Trinajstić information content (AvgIpc) is 3.03. The van der Waals surface area contributed by atoms with E-state index in [0.29, 0.717) is 17.0 Å². The van der Waals surface area contributed by atoms with Gasteiger partial charge in [0.15, 0.2) is 0 Å². The number of hydrogen-bond acceptors (Lipinski definition) is 3. The molecule has 0 bridgehead atoms. The van der Waals surface area contributed by atoms with Crippen molar-refractivity contribution in [3.63, 3.8) is 0 Å². The van der Waals surface area contributed by atoms with Crippen molar-refractivity contribution in [1.29, 1.82) is 0 Å². The van der Waals surface area contributed by atoms with E-state index in [-0.39, 0.29) is 11.6 Å². The maximum Gasteiger partial charge on any atom is 0.235 e. The van der Waals surface area contributed by atoms with Gasteiger partial charge in [0.1, 0.15) is 17.5 Å². The molecule has 130 valence electrons. The smallest absolute Gasteiger partial charge is 0.235 e. The summed E-state index contributed by atoms with van der Waals surface area (Å²) in [7, 11) is 0. The first kappa shape index (κ1) is 16.0. The van der Waals surface area contributed by atoms with E-state index in [1.54, 1.807) is 19.3 Å². The second kappa shape index (κ2) is 6.10. The molecule has 1 saturated heterocycles. The van der Waals surface area contributed by atoms with Gasteiger partial charge in [-0.3, -0.25) is 4.40 Å². The van der Waals surface area contributed by atoms with Crippen molar-refractivity contribution in [2.75, 3.05) is 11.4 Å². The second-order valence-electron chi connectivity index (χ2n) is 6.63. The highest BCUT2D eigenvalue weighted by Gasteiger charge is 2.28. The molecule has 0 aliphatic carbocycles. The molecule has 25 heavy (non-hydrogen) atoms. The van der Waals surface area contributed by atoms with E-state index in [0.717, 1.165) is 31.6 Å². The van der Waals surface area contributed by atoms with Gasteiger partial charge in [0.2, 0.25) is 5.78 Å². The molecule has 1 fully saturated rings. The van der Waals surface area contributed by atoms with Crippen LogP contribution in [-0.2, 0) is 0 Å². The summed E-state index contributed by atoms with van der Waals surface area (Å²) < 4.78 is 31.0. The van der Waals surface area contributed by atoms with Crippen molar-refractivity contribution in [2.45, 2.75) is 39.2 Å². The van der Waals surface area contributed by atoms with Crippen LogP contribution in [0.2, 0.25) is 0 Å². The molecule has 6 heteroatoms. The number of halogens is 2. The fourth-order valence-electron chi connectivity index (χ4n) is 3.76. The van der Waals surface area contributed by atoms with E-state index in [4.69, 9.17) is 0 Å². The van der Waals surface area contributed by atoms with Crippen LogP contribution in [0.3, 0.4) is 0 Å². The summed E-state index contributed by atoms with van der Waals surface area (Å²) in [6, 6.07) is 4.25. The first-order chi connectivity index (χ1) is 12.1. The van der Waals surface area contributed by atoms with Crippen molar-refractivity contribution in [2.24, 2.45) is 0 Å². The number of aryl methyl sites for hydroxylation is 1. The summed E-state index contributed by atoms with van der Waals surface area (Å²) in [5.41, 5.74) is 1.07. The maximum absolute atomic E-state index is 14.6. The quantitative estimate of drug-likeness (QED) is 0.694. The SMILES string of the molecule is Cc1nc2nccn2c(N2CCCCC2C)c1-c1c(F)cccc1F. The standard InChI is InChI=1S/C19H20F2N4/c1-12-6-3-4-10-24(12)18-16(17-14(20)7-5-8-15(17)21)13(2)23-19-22-9-11-25(18)19/h5,7-9,11-12H,3-4,6,10H2,1-2H3. The third-order valence-corrected chi connectivity index (χ3v) is 4.99. The Kier molecular flexibility index (Phi) is 3.90. The number of fused-ring (bicyclic) bond motifs is 1. The van der Waals surface area contributed by atoms with Crippen molar-refractivity contribution in [3.05, 3.63) is 47.9 Å². The minimum atomic E-state index is -0.574. The lowest BCUT2D eigenvalue weighted by Crippen LogP contribution is -2.39. The van der Waals surface area contributed by atoms with Crippen molar-refractivity contribution in [3.8, 4) is 11.1 Å². The second-order valence-corrected chi connectivity index (χ2v) is 6.63. The van der Waals surface area contributed by atoms with E-state index in [1.165, 1.54) is 18.2 Å². The van der Waals surface area contributed by atoms with E-state index in [1.807, 2.05) is 4.40 Å². The Morgan fingerprint density at radius 1 is 1.12 bits per heavy atom. The molecule has 0 spiro atoms. The molecule has 3 heterocycles. The lowest BCUT2D eigenvalue weighted by atomic mass is 9.99. The highest BCUT2D eigenvalue weighted by Crippen LogP contribution is 2.39. The topological polar surface area (TPSA) is 33.4 Å². The molecule has 4 rings (SSSR count). The van der Waals surface area contributed by atoms with E-state index in [2.05, 4.69) is 21.8 Å². The molecule has 1 aliphatic heterocycles. The summed E-state index contributed by atoms with van der Waals surface area (Å²) in [4.78, 5) is 11.0. The van der Waals surface area contributed by atoms with Crippen LogP contribution >= 0.6 is 0 Å². The van der Waals surface area contributed by atoms with Gasteiger partial charge in [0.05, 0.1) is 16.8 Å². The third-order valence-electron chi connectivity index (χ3n) is 4.99. The Hall–Kier alpha value is -2.50. The number of piperidine rings is 1. The Balaban J connectivity index is 2.07. The van der Waals surface area contributed by atoms with Gasteiger partial charge in [-0.25, -0.2) is 18.7 Å². The Morgan fingerprint density at radius 3 is 2.60 bits per heavy atom. The highest BCUT2D eigenvalue weighted by molar-refractivity contribution is 5.81. The molecule has 1 atom stereocenters. The predicted octanol–water partition coefficient (Wildman–Crippen LogP) is 4.36. The fourth-order valence-corrected chi connectivity index (χ4v) is 3.76. The van der Waals surface area contributed by atoms with Crippen LogP contribution in [0.5, 0.6) is 0 Å². The van der Waals surface area contributed by atoms with Crippen molar-refractivity contribution in [1.82, 2.24) is 14.4 Å². The molecular weight excluding hydrogens is 322 g/mol. The van der Waals surface area contributed by atoms with Gasteiger partial charge in [0, 0.05) is 25.0 Å². The monoisotopic (exact) mass is 342 g/mol. The number of hydrogen-bond donors (Lipinski definition) is 0. The molecular formula is C19H20F2N4. The van der Waals surface area contributed by atoms with Gasteiger partial charge in [-0.2, -0.15) is 0 Å². The molecule has 0 amide bonds. The molecule has 4 nitrogen and oxygen atoms in total. The largest absolute Gasteiger partial charge is 0.354 e. The van der Waals surface area contributed by atoms with Gasteiger partial charge in [0.25, 0.3) is 0 Å². The van der Waals surface area contributed by atoms with Gasteiger partial charge in [-0.05, 0) is 45.2 Å². The van der Waals surface area contributed by atoms with Gasteiger partial charge >= 0.3 is 0 Å². The molecule has 1 aromatic carbocycles. The molecule has 0 saturated carbocycles. The minimum absolute atomic E-state index is 0.0177. The molecule has 0 N–H and O–H groups in total. The van der Waals surface area contributed by atoms with E-state index < -0.39 is 11.6 Å². The van der Waals surface area contributed by atoms with Crippen molar-refractivity contribution < 1.29 is 8.78 Å². The maximum atomic E-state index is 14.6. The van der Waals surface area contributed by atoms with Crippen LogP contribution in [0.4, 0.5) is 14.6 Å². The van der Waals surface area contributed by atoms with E-state index >= 15 is 0 Å². The Morgan fingerprint density at radius 2 is 1.88 bits per heavy atom. The number of anilines is 1. The van der Waals surface area contributed by atoms with Crippen LogP contribution in [0, 0.1) is 18.6 Å². The summed E-state index contributed by atoms with van der Waals surface area (Å²) in [5, 5.41) is 0. The number of nitrogens with zero attached hydrogens (tertiary/aromatic N) is 4. The normalized spacial score (nSPS) is 18.1. The molecule has 1 unspecified atom stereocenters. The lowest BCUT2D eigenvalue weighted by molar-refractivity contribution is 0.479. The highest BCUT2D eigenvalue weighted by atomic mass is 19.1. The number of imidazole rings is 1. The van der Waals surface area contributed by atoms with Crippen LogP contribution < -0.4 is 4.90 Å². The zero-order chi connectivity index (χ0) is 17.6. The van der Waals surface area contributed by atoms with Gasteiger partial charge in [-0.15, -0.1) is 0 Å². The minimum Gasteiger partial charge on any atom is -0.354 e. The molecule has 3 aromatic rings. The number of aromatic nitrogens is 3. The predicted molar refractivity (Wildman–Crippen MR) is 93.7 cm³/mol. The van der Waals surface area contributed by atoms with Gasteiger partial charge < -0.3 is 4.90 Å². The van der Waals surface area contributed by atoms with Crippen LogP contribution in [0.15, 0.2) is 30.6 Å². The molecule has 2 aromatic heterocycles. The summed E-state index contributed by atoms with van der Waals surface area (Å²) in [6.45, 7) is 4.79. The van der Waals surface area contributed by atoms with Crippen LogP contribution in [0.25, 0.3) is 16.9 Å². The van der Waals surface area contributed by atoms with Crippen LogP contribution in [-0.4, -0.2) is 27.0 Å². The number of rotatable bonds is 2. The lowest BCUT2D eigenvalue weighted by Gasteiger charge is -2.37. The fraction of sp³-hybridized carbons (Fsp3) is 0.368. The summed E-state index contributed by atoms with van der Waals surface area (Å²) >= 11 is 0. The average molecular weight is 342 g/mol. The van der Waals surface area contributed by atoms with E-state index in [9.17, 15) is 8.78 Å². The third kappa shape index (κ3) is 2.56. The molecule has 0 radical (unpaired) electrons. The Bertz CT molecular complexity index is 914. The van der Waals surface area contributed by atoms with Crippen molar-refractivity contribution >= 4 is 11.6 Å². The first-order valence-electron chi connectivity index (χ1n) is 8.62.